The van der Waals surface area contributed by atoms with E-state index in [0.717, 1.165) is 44.9 Å². The Balaban J connectivity index is 1.86. The molecule has 4 unspecified atom stereocenters. The second kappa shape index (κ2) is 38.1. The third-order valence-electron chi connectivity index (χ3n) is 11.5. The number of aliphatic hydroxyl groups excluding tert-OH is 7. The quantitative estimate of drug-likeness (QED) is 0.0201. The number of carbonyl (C=O) groups excluding carboxylic acids is 2. The highest BCUT2D eigenvalue weighted by Gasteiger charge is 2.47. The molecular formula is C51H86O15. The van der Waals surface area contributed by atoms with Crippen molar-refractivity contribution in [3.8, 4) is 0 Å². The zero-order valence-electron chi connectivity index (χ0n) is 39.9. The molecule has 0 radical (unpaired) electrons. The molecule has 15 nitrogen and oxygen atoms in total. The van der Waals surface area contributed by atoms with Gasteiger partial charge in [-0.05, 0) is 51.4 Å². The first kappa shape index (κ1) is 59.3. The number of hydrogen-bond acceptors (Lipinski definition) is 15. The largest absolute Gasteiger partial charge is 0.462 e. The summed E-state index contributed by atoms with van der Waals surface area (Å²) in [6.07, 6.45) is 25.6. The van der Waals surface area contributed by atoms with E-state index in [1.807, 2.05) is 12.2 Å². The smallest absolute Gasteiger partial charge is 0.306 e. The lowest BCUT2D eigenvalue weighted by molar-refractivity contribution is -0.332. The van der Waals surface area contributed by atoms with E-state index in [4.69, 9.17) is 28.4 Å². The van der Waals surface area contributed by atoms with Crippen LogP contribution in [0, 0.1) is 0 Å². The fraction of sp³-hybridized carbons (Fsp3) is 0.765. The summed E-state index contributed by atoms with van der Waals surface area (Å²) in [5.74, 6) is -1.02. The first-order valence-electron chi connectivity index (χ1n) is 24.9. The van der Waals surface area contributed by atoms with E-state index in [-0.39, 0.29) is 19.4 Å². The maximum Gasteiger partial charge on any atom is 0.306 e. The molecule has 15 heteroatoms. The Kier molecular flexibility index (Phi) is 34.2. The van der Waals surface area contributed by atoms with E-state index in [2.05, 4.69) is 62.5 Å². The predicted octanol–water partition coefficient (Wildman–Crippen LogP) is 6.49. The Morgan fingerprint density at radius 2 is 0.939 bits per heavy atom. The summed E-state index contributed by atoms with van der Waals surface area (Å²) >= 11 is 0. The van der Waals surface area contributed by atoms with Gasteiger partial charge >= 0.3 is 11.9 Å². The Labute approximate surface area is 394 Å². The molecule has 0 aromatic heterocycles. The van der Waals surface area contributed by atoms with Crippen molar-refractivity contribution in [1.29, 1.82) is 0 Å². The van der Waals surface area contributed by atoms with Crippen LogP contribution < -0.4 is 0 Å². The fourth-order valence-electron chi connectivity index (χ4n) is 7.37. The molecule has 11 atom stereocenters. The van der Waals surface area contributed by atoms with Gasteiger partial charge in [-0.25, -0.2) is 0 Å². The number of unbranched alkanes of at least 4 members (excludes halogenated alkanes) is 13. The van der Waals surface area contributed by atoms with Crippen molar-refractivity contribution >= 4 is 11.9 Å². The normalized spacial score (nSPS) is 26.7. The zero-order valence-corrected chi connectivity index (χ0v) is 39.9. The van der Waals surface area contributed by atoms with Crippen LogP contribution in [0.25, 0.3) is 0 Å². The van der Waals surface area contributed by atoms with Gasteiger partial charge in [-0.15, -0.1) is 0 Å². The van der Waals surface area contributed by atoms with Crippen molar-refractivity contribution in [2.24, 2.45) is 0 Å². The van der Waals surface area contributed by atoms with E-state index in [0.29, 0.717) is 19.3 Å². The highest BCUT2D eigenvalue weighted by molar-refractivity contribution is 5.70. The SMILES string of the molecule is CCCCC/C=C/C/C=C/C/C=C/C/C=C/C/C=C/CCC(=O)O[C@H](COC(=O)CCCCCCCCCCCCC)CO[C@H]1O[C@@H](CO[C@H]2O[C@@H](CO)[C@@H](O)C(O)C2O)[C@@H](O)C(O)C1O. The van der Waals surface area contributed by atoms with Gasteiger partial charge in [-0.2, -0.15) is 0 Å². The highest BCUT2D eigenvalue weighted by Crippen LogP contribution is 2.26. The summed E-state index contributed by atoms with van der Waals surface area (Å²) in [5.41, 5.74) is 0. The lowest BCUT2D eigenvalue weighted by Crippen LogP contribution is -2.61. The summed E-state index contributed by atoms with van der Waals surface area (Å²) in [6, 6.07) is 0. The van der Waals surface area contributed by atoms with Crippen LogP contribution in [0.3, 0.4) is 0 Å². The lowest BCUT2D eigenvalue weighted by Gasteiger charge is -2.42. The van der Waals surface area contributed by atoms with Gasteiger partial charge in [0.2, 0.25) is 0 Å². The number of allylic oxidation sites excluding steroid dienone is 10. The van der Waals surface area contributed by atoms with Gasteiger partial charge in [-0.1, -0.05) is 152 Å². The number of ether oxygens (including phenoxy) is 6. The first-order chi connectivity index (χ1) is 32.0. The number of hydrogen-bond donors (Lipinski definition) is 7. The molecule has 2 fully saturated rings. The van der Waals surface area contributed by atoms with Gasteiger partial charge in [0.05, 0.1) is 19.8 Å². The molecule has 0 bridgehead atoms. The maximum absolute atomic E-state index is 12.9. The van der Waals surface area contributed by atoms with Gasteiger partial charge in [0.1, 0.15) is 55.4 Å². The zero-order chi connectivity index (χ0) is 48.2. The van der Waals surface area contributed by atoms with Crippen molar-refractivity contribution < 1.29 is 73.8 Å². The number of esters is 2. The topological polar surface area (TPSA) is 231 Å². The molecule has 0 amide bonds. The van der Waals surface area contributed by atoms with Gasteiger partial charge in [0, 0.05) is 12.8 Å². The molecule has 66 heavy (non-hydrogen) atoms. The van der Waals surface area contributed by atoms with Crippen LogP contribution in [0.4, 0.5) is 0 Å². The molecule has 0 spiro atoms. The van der Waals surface area contributed by atoms with Crippen LogP contribution in [0.2, 0.25) is 0 Å². The van der Waals surface area contributed by atoms with Gasteiger partial charge in [0.25, 0.3) is 0 Å². The minimum atomic E-state index is -1.78. The summed E-state index contributed by atoms with van der Waals surface area (Å²) in [4.78, 5) is 25.6. The van der Waals surface area contributed by atoms with Crippen LogP contribution in [0.15, 0.2) is 60.8 Å². The van der Waals surface area contributed by atoms with Crippen LogP contribution in [0.1, 0.15) is 155 Å². The van der Waals surface area contributed by atoms with Gasteiger partial charge in [0.15, 0.2) is 18.7 Å². The Bertz CT molecular complexity index is 1380. The minimum absolute atomic E-state index is 0.0408. The van der Waals surface area contributed by atoms with Crippen molar-refractivity contribution in [3.63, 3.8) is 0 Å². The molecule has 380 valence electrons. The number of aliphatic hydroxyl groups is 7. The van der Waals surface area contributed by atoms with Crippen molar-refractivity contribution in [2.45, 2.75) is 223 Å². The molecule has 0 aromatic carbocycles. The molecule has 0 aromatic rings. The van der Waals surface area contributed by atoms with E-state index in [9.17, 15) is 45.3 Å². The summed E-state index contributed by atoms with van der Waals surface area (Å²) in [7, 11) is 0. The molecule has 2 aliphatic heterocycles. The Hall–Kier alpha value is -2.80. The average Bonchev–Trinajstić information content (AvgIpc) is 3.31. The molecule has 2 rings (SSSR count). The maximum atomic E-state index is 12.9. The van der Waals surface area contributed by atoms with E-state index < -0.39 is 99.3 Å². The molecule has 2 saturated heterocycles. The fourth-order valence-corrected chi connectivity index (χ4v) is 7.37. The Morgan fingerprint density at radius 1 is 0.485 bits per heavy atom. The molecule has 2 heterocycles. The van der Waals surface area contributed by atoms with Crippen molar-refractivity contribution in [2.75, 3.05) is 26.4 Å². The van der Waals surface area contributed by atoms with Crippen molar-refractivity contribution in [3.05, 3.63) is 60.8 Å². The molecular weight excluding hydrogens is 853 g/mol. The van der Waals surface area contributed by atoms with Crippen LogP contribution in [-0.4, -0.2) is 142 Å². The van der Waals surface area contributed by atoms with Crippen LogP contribution >= 0.6 is 0 Å². The van der Waals surface area contributed by atoms with Gasteiger partial charge < -0.3 is 64.2 Å². The second-order valence-electron chi connectivity index (χ2n) is 17.3. The third-order valence-corrected chi connectivity index (χ3v) is 11.5. The number of rotatable bonds is 37. The first-order valence-corrected chi connectivity index (χ1v) is 24.9. The average molecular weight is 939 g/mol. The summed E-state index contributed by atoms with van der Waals surface area (Å²) in [6.45, 7) is 2.46. The highest BCUT2D eigenvalue weighted by atomic mass is 16.7. The molecule has 7 N–H and O–H groups in total. The lowest BCUT2D eigenvalue weighted by atomic mass is 9.98. The van der Waals surface area contributed by atoms with E-state index in [1.54, 1.807) is 0 Å². The summed E-state index contributed by atoms with van der Waals surface area (Å²) in [5, 5.41) is 72.0. The van der Waals surface area contributed by atoms with Crippen LogP contribution in [-0.2, 0) is 38.0 Å². The molecule has 0 saturated carbocycles. The standard InChI is InChI=1S/C51H86O15/c1-3-5-7-9-11-13-15-16-17-18-19-20-21-22-24-26-28-30-32-34-43(54)64-39(36-61-42(53)33-31-29-27-25-23-14-12-10-8-6-4-2)37-62-50-49(60)47(58)45(56)41(66-50)38-63-51-48(59)46(57)44(55)40(35-52)65-51/h11,13,16-17,19-20,22,24,28,30,39-41,44-52,55-60H,3-10,12,14-15,18,21,23,25-27,29,31-38H2,1-2H3/b13-11+,17-16+,20-19+,24-22+,30-28+/t39-,40+,41+,44-,45-,46?,47?,48?,49?,50+,51+/m1/s1. The van der Waals surface area contributed by atoms with E-state index in [1.165, 1.54) is 64.2 Å². The minimum Gasteiger partial charge on any atom is -0.462 e. The monoisotopic (exact) mass is 939 g/mol. The molecule has 0 aliphatic carbocycles. The summed E-state index contributed by atoms with van der Waals surface area (Å²) < 4.78 is 33.4. The van der Waals surface area contributed by atoms with E-state index >= 15 is 0 Å². The third kappa shape index (κ3) is 26.1. The molecule has 2 aliphatic rings. The van der Waals surface area contributed by atoms with Crippen molar-refractivity contribution in [1.82, 2.24) is 0 Å². The predicted molar refractivity (Wildman–Crippen MR) is 252 cm³/mol. The Morgan fingerprint density at radius 3 is 1.48 bits per heavy atom. The second-order valence-corrected chi connectivity index (χ2v) is 17.3. The van der Waals surface area contributed by atoms with Gasteiger partial charge in [-0.3, -0.25) is 9.59 Å². The number of carbonyl (C=O) groups is 2. The van der Waals surface area contributed by atoms with Crippen LogP contribution in [0.5, 0.6) is 0 Å².